The van der Waals surface area contributed by atoms with Gasteiger partial charge in [0.25, 0.3) is 10.0 Å². The highest BCUT2D eigenvalue weighted by Gasteiger charge is 2.18. The zero-order chi connectivity index (χ0) is 13.2. The molecule has 0 fully saturated rings. The highest BCUT2D eigenvalue weighted by molar-refractivity contribution is 7.94. The fourth-order valence-electron chi connectivity index (χ4n) is 1.18. The Balaban J connectivity index is 2.17. The molecule has 0 radical (unpaired) electrons. The smallest absolute Gasteiger partial charge is 0.273 e. The van der Waals surface area contributed by atoms with Gasteiger partial charge in [0, 0.05) is 12.5 Å². The largest absolute Gasteiger partial charge is 0.378 e. The molecule has 18 heavy (non-hydrogen) atoms. The van der Waals surface area contributed by atoms with Gasteiger partial charge in [-0.1, -0.05) is 11.6 Å². The molecule has 0 saturated heterocycles. The van der Waals surface area contributed by atoms with Gasteiger partial charge in [0.1, 0.15) is 4.21 Å². The molecule has 0 saturated carbocycles. The number of hydrogen-bond acceptors (Lipinski definition) is 6. The quantitative estimate of drug-likeness (QED) is 0.918. The highest BCUT2D eigenvalue weighted by atomic mass is 35.5. The van der Waals surface area contributed by atoms with Crippen LogP contribution in [0.1, 0.15) is 5.69 Å². The lowest BCUT2D eigenvalue weighted by atomic mass is 10.5. The Morgan fingerprint density at radius 1 is 1.50 bits per heavy atom. The number of nitrogens with one attached hydrogen (secondary N) is 1. The first-order valence-electron chi connectivity index (χ1n) is 4.73. The Hall–Kier alpha value is -0.670. The molecule has 0 aliphatic rings. The molecule has 5 nitrogen and oxygen atoms in total. The topological polar surface area (TPSA) is 68.3 Å². The molecule has 0 amide bonds. The van der Waals surface area contributed by atoms with Crippen molar-refractivity contribution in [1.82, 2.24) is 4.98 Å². The van der Waals surface area contributed by atoms with E-state index in [-0.39, 0.29) is 4.21 Å². The summed E-state index contributed by atoms with van der Waals surface area (Å²) in [6, 6.07) is 3.00. The zero-order valence-electron chi connectivity index (χ0n) is 9.21. The third-order valence-electron chi connectivity index (χ3n) is 1.88. The van der Waals surface area contributed by atoms with Crippen molar-refractivity contribution in [2.45, 2.75) is 10.8 Å². The van der Waals surface area contributed by atoms with Crippen LogP contribution in [0.3, 0.4) is 0 Å². The van der Waals surface area contributed by atoms with Crippen molar-refractivity contribution in [3.05, 3.63) is 27.5 Å². The molecular formula is C9H9ClN2O3S3. The monoisotopic (exact) mass is 324 g/mol. The Labute approximate surface area is 117 Å². The molecule has 2 heterocycles. The predicted molar refractivity (Wildman–Crippen MR) is 73.0 cm³/mol. The fourth-order valence-corrected chi connectivity index (χ4v) is 4.61. The zero-order valence-corrected chi connectivity index (χ0v) is 12.4. The Kier molecular flexibility index (Phi) is 4.23. The second-order valence-electron chi connectivity index (χ2n) is 3.24. The summed E-state index contributed by atoms with van der Waals surface area (Å²) in [4.78, 5) is 4.09. The van der Waals surface area contributed by atoms with Crippen LogP contribution in [-0.4, -0.2) is 20.5 Å². The van der Waals surface area contributed by atoms with E-state index < -0.39 is 10.0 Å². The van der Waals surface area contributed by atoms with Crippen LogP contribution < -0.4 is 4.72 Å². The van der Waals surface area contributed by atoms with E-state index in [1.165, 1.54) is 17.4 Å². The van der Waals surface area contributed by atoms with Gasteiger partial charge in [-0.25, -0.2) is 13.4 Å². The summed E-state index contributed by atoms with van der Waals surface area (Å²) in [6.45, 7) is 0.350. The molecule has 0 aromatic carbocycles. The molecule has 0 unspecified atom stereocenters. The number of sulfonamides is 1. The summed E-state index contributed by atoms with van der Waals surface area (Å²) in [5, 5.41) is 2.05. The van der Waals surface area contributed by atoms with Crippen LogP contribution in [0.2, 0.25) is 4.34 Å². The third kappa shape index (κ3) is 3.21. The van der Waals surface area contributed by atoms with E-state index in [0.717, 1.165) is 11.3 Å². The van der Waals surface area contributed by atoms with Gasteiger partial charge in [0.15, 0.2) is 5.13 Å². The molecule has 1 N–H and O–H groups in total. The van der Waals surface area contributed by atoms with Gasteiger partial charge >= 0.3 is 0 Å². The van der Waals surface area contributed by atoms with E-state index in [1.54, 1.807) is 18.6 Å². The van der Waals surface area contributed by atoms with Crippen molar-refractivity contribution < 1.29 is 13.2 Å². The van der Waals surface area contributed by atoms with Gasteiger partial charge in [0.05, 0.1) is 16.6 Å². The van der Waals surface area contributed by atoms with E-state index in [1.807, 2.05) is 0 Å². The summed E-state index contributed by atoms with van der Waals surface area (Å²) in [5.74, 6) is 0. The minimum atomic E-state index is -3.60. The third-order valence-corrected chi connectivity index (χ3v) is 5.88. The van der Waals surface area contributed by atoms with Gasteiger partial charge in [0.2, 0.25) is 0 Å². The van der Waals surface area contributed by atoms with Gasteiger partial charge in [-0.05, 0) is 12.1 Å². The fraction of sp³-hybridized carbons (Fsp3) is 0.222. The van der Waals surface area contributed by atoms with Crippen molar-refractivity contribution in [1.29, 1.82) is 0 Å². The van der Waals surface area contributed by atoms with E-state index in [2.05, 4.69) is 9.71 Å². The lowest BCUT2D eigenvalue weighted by Crippen LogP contribution is -2.11. The average Bonchev–Trinajstić information content (AvgIpc) is 2.88. The summed E-state index contributed by atoms with van der Waals surface area (Å²) in [5.41, 5.74) is 0.685. The number of thiazole rings is 1. The summed E-state index contributed by atoms with van der Waals surface area (Å²) >= 11 is 7.92. The molecule has 0 aliphatic carbocycles. The van der Waals surface area contributed by atoms with Crippen LogP contribution in [0, 0.1) is 0 Å². The first kappa shape index (κ1) is 13.8. The van der Waals surface area contributed by atoms with E-state index in [9.17, 15) is 8.42 Å². The molecule has 9 heteroatoms. The number of anilines is 1. The molecule has 0 aliphatic heterocycles. The molecule has 0 atom stereocenters. The highest BCUT2D eigenvalue weighted by Crippen LogP contribution is 2.28. The van der Waals surface area contributed by atoms with Gasteiger partial charge in [-0.3, -0.25) is 4.72 Å². The molecule has 0 bridgehead atoms. The minimum absolute atomic E-state index is 0.163. The number of halogens is 1. The van der Waals surface area contributed by atoms with Crippen LogP contribution in [0.15, 0.2) is 21.7 Å². The van der Waals surface area contributed by atoms with Gasteiger partial charge in [-0.15, -0.1) is 22.7 Å². The molecule has 2 aromatic heterocycles. The summed E-state index contributed by atoms with van der Waals surface area (Å²) < 4.78 is 31.8. The van der Waals surface area contributed by atoms with Crippen LogP contribution in [0.25, 0.3) is 0 Å². The number of hydrogen-bond donors (Lipinski definition) is 1. The second kappa shape index (κ2) is 5.54. The maximum Gasteiger partial charge on any atom is 0.273 e. The van der Waals surface area contributed by atoms with Gasteiger partial charge in [-0.2, -0.15) is 0 Å². The first-order valence-corrected chi connectivity index (χ1v) is 8.28. The number of thiophene rings is 1. The molecule has 0 spiro atoms. The van der Waals surface area contributed by atoms with E-state index in [4.69, 9.17) is 16.3 Å². The number of rotatable bonds is 5. The van der Waals surface area contributed by atoms with Crippen LogP contribution in [-0.2, 0) is 21.4 Å². The van der Waals surface area contributed by atoms with Crippen LogP contribution >= 0.6 is 34.3 Å². The molecular weight excluding hydrogens is 316 g/mol. The normalized spacial score (nSPS) is 11.7. The Morgan fingerprint density at radius 3 is 2.89 bits per heavy atom. The summed E-state index contributed by atoms with van der Waals surface area (Å²) in [6.07, 6.45) is 0. The maximum absolute atomic E-state index is 12.0. The maximum atomic E-state index is 12.0. The Morgan fingerprint density at radius 2 is 2.28 bits per heavy atom. The average molecular weight is 325 g/mol. The number of ether oxygens (including phenoxy) is 1. The Bertz CT molecular complexity index is 635. The summed E-state index contributed by atoms with van der Waals surface area (Å²) in [7, 11) is -2.05. The minimum Gasteiger partial charge on any atom is -0.378 e. The van der Waals surface area contributed by atoms with E-state index in [0.29, 0.717) is 21.8 Å². The molecule has 2 rings (SSSR count). The van der Waals surface area contributed by atoms with Crippen LogP contribution in [0.5, 0.6) is 0 Å². The standard InChI is InChI=1S/C9H9ClN2O3S3/c1-15-4-6-5-16-9(11-6)12-18(13,14)8-3-2-7(10)17-8/h2-3,5H,4H2,1H3,(H,11,12). The predicted octanol–water partition coefficient (Wildman–Crippen LogP) is 2.81. The second-order valence-corrected chi connectivity index (χ2v) is 7.72. The van der Waals surface area contributed by atoms with Crippen molar-refractivity contribution in [2.24, 2.45) is 0 Å². The molecule has 98 valence electrons. The van der Waals surface area contributed by atoms with Crippen LogP contribution in [0.4, 0.5) is 5.13 Å². The number of aromatic nitrogens is 1. The van der Waals surface area contributed by atoms with Crippen molar-refractivity contribution in [2.75, 3.05) is 11.8 Å². The SMILES string of the molecule is COCc1csc(NS(=O)(=O)c2ccc(Cl)s2)n1. The van der Waals surface area contributed by atoms with Crippen molar-refractivity contribution in [3.63, 3.8) is 0 Å². The number of nitrogens with zero attached hydrogens (tertiary/aromatic N) is 1. The van der Waals surface area contributed by atoms with Gasteiger partial charge < -0.3 is 4.74 Å². The lowest BCUT2D eigenvalue weighted by Gasteiger charge is -2.01. The molecule has 2 aromatic rings. The number of methoxy groups -OCH3 is 1. The first-order chi connectivity index (χ1) is 8.51. The lowest BCUT2D eigenvalue weighted by molar-refractivity contribution is 0.182. The van der Waals surface area contributed by atoms with E-state index >= 15 is 0 Å². The van der Waals surface area contributed by atoms with Crippen molar-refractivity contribution >= 4 is 49.4 Å². The van der Waals surface area contributed by atoms with Crippen molar-refractivity contribution in [3.8, 4) is 0 Å².